The highest BCUT2D eigenvalue weighted by Crippen LogP contribution is 2.29. The molecule has 0 radical (unpaired) electrons. The molecule has 0 bridgehead atoms. The second-order valence-electron chi connectivity index (χ2n) is 4.15. The number of rotatable bonds is 4. The van der Waals surface area contributed by atoms with Crippen molar-refractivity contribution in [3.63, 3.8) is 0 Å². The highest BCUT2D eigenvalue weighted by molar-refractivity contribution is 8.00. The fourth-order valence-corrected chi connectivity index (χ4v) is 3.32. The summed E-state index contributed by atoms with van der Waals surface area (Å²) in [6.07, 6.45) is 1.98. The van der Waals surface area contributed by atoms with Crippen LogP contribution in [0.1, 0.15) is 19.2 Å². The Kier molecular flexibility index (Phi) is 3.39. The zero-order chi connectivity index (χ0) is 13.2. The van der Waals surface area contributed by atoms with Crippen LogP contribution in [0.5, 0.6) is 0 Å². The van der Waals surface area contributed by atoms with Gasteiger partial charge < -0.3 is 10.7 Å². The van der Waals surface area contributed by atoms with E-state index in [0.29, 0.717) is 0 Å². The first kappa shape index (κ1) is 12.4. The van der Waals surface area contributed by atoms with Crippen LogP contribution in [-0.4, -0.2) is 19.3 Å². The van der Waals surface area contributed by atoms with E-state index in [1.807, 2.05) is 18.2 Å². The Labute approximate surface area is 118 Å². The predicted octanol–water partition coefficient (Wildman–Crippen LogP) is 3.10. The highest BCUT2D eigenvalue weighted by atomic mass is 32.2. The SMILES string of the molecule is CCCc1nsc(Sc2nc3ccc(N)cc3[nH]2)n1. The molecule has 19 heavy (non-hydrogen) atoms. The molecular weight excluding hydrogens is 278 g/mol. The van der Waals surface area contributed by atoms with Crippen molar-refractivity contribution in [3.05, 3.63) is 24.0 Å². The summed E-state index contributed by atoms with van der Waals surface area (Å²) in [4.78, 5) is 12.2. The van der Waals surface area contributed by atoms with Crippen LogP contribution in [0.4, 0.5) is 5.69 Å². The van der Waals surface area contributed by atoms with Crippen LogP contribution in [0, 0.1) is 0 Å². The molecule has 98 valence electrons. The minimum Gasteiger partial charge on any atom is -0.399 e. The number of imidazole rings is 1. The zero-order valence-electron chi connectivity index (χ0n) is 10.4. The first-order chi connectivity index (χ1) is 9.24. The highest BCUT2D eigenvalue weighted by Gasteiger charge is 2.09. The van der Waals surface area contributed by atoms with Crippen LogP contribution in [0.15, 0.2) is 27.7 Å². The third kappa shape index (κ3) is 2.71. The third-order valence-electron chi connectivity index (χ3n) is 2.59. The van der Waals surface area contributed by atoms with Crippen molar-refractivity contribution in [1.82, 2.24) is 19.3 Å². The average molecular weight is 291 g/mol. The van der Waals surface area contributed by atoms with E-state index in [9.17, 15) is 0 Å². The molecule has 2 aromatic heterocycles. The molecule has 5 nitrogen and oxygen atoms in total. The van der Waals surface area contributed by atoms with Gasteiger partial charge in [-0.2, -0.15) is 4.37 Å². The molecule has 0 fully saturated rings. The number of aryl methyl sites for hydroxylation is 1. The van der Waals surface area contributed by atoms with Crippen LogP contribution in [-0.2, 0) is 6.42 Å². The molecule has 0 amide bonds. The first-order valence-electron chi connectivity index (χ1n) is 6.00. The fraction of sp³-hybridized carbons (Fsp3) is 0.250. The number of hydrogen-bond acceptors (Lipinski definition) is 6. The lowest BCUT2D eigenvalue weighted by atomic mass is 10.3. The largest absolute Gasteiger partial charge is 0.399 e. The number of hydrogen-bond donors (Lipinski definition) is 2. The van der Waals surface area contributed by atoms with Crippen molar-refractivity contribution in [1.29, 1.82) is 0 Å². The summed E-state index contributed by atoms with van der Waals surface area (Å²) < 4.78 is 5.23. The second-order valence-corrected chi connectivity index (χ2v) is 6.13. The predicted molar refractivity (Wildman–Crippen MR) is 78.5 cm³/mol. The molecular formula is C12H13N5S2. The standard InChI is InChI=1S/C12H13N5S2/c1-2-3-10-16-12(19-17-10)18-11-14-8-5-4-7(13)6-9(8)15-11/h4-6H,2-3,13H2,1H3,(H,14,15). The maximum absolute atomic E-state index is 5.75. The fourth-order valence-electron chi connectivity index (χ4n) is 1.74. The lowest BCUT2D eigenvalue weighted by Gasteiger charge is -1.90. The van der Waals surface area contributed by atoms with Gasteiger partial charge in [-0.25, -0.2) is 9.97 Å². The van der Waals surface area contributed by atoms with E-state index >= 15 is 0 Å². The number of nitrogens with zero attached hydrogens (tertiary/aromatic N) is 3. The lowest BCUT2D eigenvalue weighted by molar-refractivity contribution is 0.850. The molecule has 0 spiro atoms. The monoisotopic (exact) mass is 291 g/mol. The number of benzene rings is 1. The summed E-state index contributed by atoms with van der Waals surface area (Å²) in [5.74, 6) is 0.912. The van der Waals surface area contributed by atoms with Crippen LogP contribution < -0.4 is 5.73 Å². The van der Waals surface area contributed by atoms with Crippen LogP contribution >= 0.6 is 23.3 Å². The van der Waals surface area contributed by atoms with E-state index in [-0.39, 0.29) is 0 Å². The van der Waals surface area contributed by atoms with Gasteiger partial charge in [0.25, 0.3) is 0 Å². The summed E-state index contributed by atoms with van der Waals surface area (Å²) in [5.41, 5.74) is 8.34. The summed E-state index contributed by atoms with van der Waals surface area (Å²) in [7, 11) is 0. The van der Waals surface area contributed by atoms with Crippen molar-refractivity contribution in [2.45, 2.75) is 29.3 Å². The number of aromatic nitrogens is 4. The van der Waals surface area contributed by atoms with Gasteiger partial charge in [-0.15, -0.1) is 0 Å². The lowest BCUT2D eigenvalue weighted by Crippen LogP contribution is -1.84. The molecule has 3 N–H and O–H groups in total. The smallest absolute Gasteiger partial charge is 0.177 e. The Morgan fingerprint density at radius 1 is 1.37 bits per heavy atom. The number of fused-ring (bicyclic) bond motifs is 1. The number of H-pyrrole nitrogens is 1. The Morgan fingerprint density at radius 3 is 3.11 bits per heavy atom. The number of aromatic amines is 1. The van der Waals surface area contributed by atoms with Gasteiger partial charge in [0.05, 0.1) is 11.0 Å². The molecule has 3 aromatic rings. The third-order valence-corrected chi connectivity index (χ3v) is 4.27. The summed E-state index contributed by atoms with van der Waals surface area (Å²) in [6, 6.07) is 5.64. The average Bonchev–Trinajstić information content (AvgIpc) is 2.96. The minimum atomic E-state index is 0.730. The van der Waals surface area contributed by atoms with E-state index in [2.05, 4.69) is 26.2 Å². The molecule has 3 rings (SSSR count). The van der Waals surface area contributed by atoms with E-state index in [4.69, 9.17) is 5.73 Å². The maximum Gasteiger partial charge on any atom is 0.177 e. The zero-order valence-corrected chi connectivity index (χ0v) is 12.0. The first-order valence-corrected chi connectivity index (χ1v) is 7.59. The number of nitrogens with two attached hydrogens (primary N) is 1. The Hall–Kier alpha value is -1.60. The molecule has 0 aliphatic rings. The Morgan fingerprint density at radius 2 is 2.26 bits per heavy atom. The van der Waals surface area contributed by atoms with Gasteiger partial charge in [0.1, 0.15) is 5.82 Å². The van der Waals surface area contributed by atoms with Gasteiger partial charge in [-0.3, -0.25) is 0 Å². The van der Waals surface area contributed by atoms with Gasteiger partial charge in [0.15, 0.2) is 9.50 Å². The summed E-state index contributed by atoms with van der Waals surface area (Å²) in [6.45, 7) is 2.12. The molecule has 7 heteroatoms. The minimum absolute atomic E-state index is 0.730. The molecule has 0 atom stereocenters. The molecule has 0 saturated carbocycles. The van der Waals surface area contributed by atoms with Gasteiger partial charge in [0.2, 0.25) is 0 Å². The molecule has 0 aliphatic carbocycles. The van der Waals surface area contributed by atoms with Crippen molar-refractivity contribution >= 4 is 40.0 Å². The van der Waals surface area contributed by atoms with Crippen molar-refractivity contribution in [3.8, 4) is 0 Å². The Bertz CT molecular complexity index is 703. The number of nitrogens with one attached hydrogen (secondary N) is 1. The summed E-state index contributed by atoms with van der Waals surface area (Å²) in [5, 5.41) is 0.819. The summed E-state index contributed by atoms with van der Waals surface area (Å²) >= 11 is 2.92. The molecule has 0 saturated heterocycles. The van der Waals surface area contributed by atoms with Crippen molar-refractivity contribution in [2.24, 2.45) is 0 Å². The molecule has 0 unspecified atom stereocenters. The molecule has 0 aliphatic heterocycles. The van der Waals surface area contributed by atoms with E-state index < -0.39 is 0 Å². The quantitative estimate of drug-likeness (QED) is 0.722. The topological polar surface area (TPSA) is 80.5 Å². The Balaban J connectivity index is 1.83. The van der Waals surface area contributed by atoms with Gasteiger partial charge in [-0.05, 0) is 47.9 Å². The van der Waals surface area contributed by atoms with E-state index in [1.165, 1.54) is 23.3 Å². The van der Waals surface area contributed by atoms with Crippen LogP contribution in [0.25, 0.3) is 11.0 Å². The van der Waals surface area contributed by atoms with Gasteiger partial charge >= 0.3 is 0 Å². The molecule has 1 aromatic carbocycles. The number of nitrogen functional groups attached to an aromatic ring is 1. The number of anilines is 1. The normalized spacial score (nSPS) is 11.2. The molecule has 2 heterocycles. The van der Waals surface area contributed by atoms with E-state index in [0.717, 1.165) is 44.9 Å². The van der Waals surface area contributed by atoms with Crippen molar-refractivity contribution < 1.29 is 0 Å². The maximum atomic E-state index is 5.75. The second kappa shape index (κ2) is 5.18. The van der Waals surface area contributed by atoms with Gasteiger partial charge in [-0.1, -0.05) is 6.92 Å². The van der Waals surface area contributed by atoms with Crippen molar-refractivity contribution in [2.75, 3.05) is 5.73 Å². The van der Waals surface area contributed by atoms with Gasteiger partial charge in [0, 0.05) is 12.1 Å². The van der Waals surface area contributed by atoms with E-state index in [1.54, 1.807) is 0 Å². The van der Waals surface area contributed by atoms with Crippen LogP contribution in [0.3, 0.4) is 0 Å². The van der Waals surface area contributed by atoms with Crippen LogP contribution in [0.2, 0.25) is 0 Å².